The number of hydrogen-bond acceptors (Lipinski definition) is 0. The molecule has 0 saturated carbocycles. The van der Waals surface area contributed by atoms with Gasteiger partial charge < -0.3 is 0 Å². The molecule has 0 nitrogen and oxygen atoms in total. The van der Waals surface area contributed by atoms with Crippen molar-refractivity contribution in [1.82, 2.24) is 0 Å². The summed E-state index contributed by atoms with van der Waals surface area (Å²) in [5, 5.41) is 0. The van der Waals surface area contributed by atoms with E-state index in [9.17, 15) is 0 Å². The topological polar surface area (TPSA) is 0 Å². The van der Waals surface area contributed by atoms with Crippen molar-refractivity contribution in [1.29, 1.82) is 0 Å². The van der Waals surface area contributed by atoms with Gasteiger partial charge in [-0.2, -0.15) is 0 Å². The van der Waals surface area contributed by atoms with Crippen LogP contribution in [0.15, 0.2) is 72.8 Å². The summed E-state index contributed by atoms with van der Waals surface area (Å²) in [6.07, 6.45) is 3.46. The summed E-state index contributed by atoms with van der Waals surface area (Å²) in [5.74, 6) is 1.98. The van der Waals surface area contributed by atoms with Crippen LogP contribution < -0.4 is 13.1 Å². The first-order chi connectivity index (χ1) is 14.9. The van der Waals surface area contributed by atoms with Crippen LogP contribution >= 0.6 is 0 Å². The van der Waals surface area contributed by atoms with Crippen LogP contribution in [0.3, 0.4) is 0 Å². The van der Waals surface area contributed by atoms with Crippen molar-refractivity contribution in [3.8, 4) is 0 Å². The van der Waals surface area contributed by atoms with Crippen LogP contribution in [0.25, 0.3) is 0 Å². The van der Waals surface area contributed by atoms with Crippen LogP contribution in [0.4, 0.5) is 0 Å². The van der Waals surface area contributed by atoms with E-state index < -0.39 is 14.7 Å². The second-order valence-electron chi connectivity index (χ2n) is 10.0. The van der Waals surface area contributed by atoms with Gasteiger partial charge in [-0.25, -0.2) is 0 Å². The van der Waals surface area contributed by atoms with Gasteiger partial charge in [-0.05, 0) is 0 Å². The van der Waals surface area contributed by atoms with Crippen LogP contribution in [0.1, 0.15) is 58.2 Å². The summed E-state index contributed by atoms with van der Waals surface area (Å²) >= 11 is -1.70. The van der Waals surface area contributed by atoms with Gasteiger partial charge in [0, 0.05) is 0 Å². The summed E-state index contributed by atoms with van der Waals surface area (Å²) in [6.45, 7) is 14.0. The Balaban J connectivity index is 2.26. The average molecular weight is 475 g/mol. The fourth-order valence-corrected chi connectivity index (χ4v) is 10.4. The summed E-state index contributed by atoms with van der Waals surface area (Å²) < 4.78 is 4.86. The van der Waals surface area contributed by atoms with Crippen LogP contribution in [0, 0.1) is 17.8 Å². The van der Waals surface area contributed by atoms with E-state index in [0.717, 1.165) is 19.3 Å². The third kappa shape index (κ3) is 6.36. The van der Waals surface area contributed by atoms with Crippen LogP contribution in [0.5, 0.6) is 0 Å². The molecule has 0 spiro atoms. The molecule has 0 radical (unpaired) electrons. The maximum atomic E-state index is 2.44. The van der Waals surface area contributed by atoms with Gasteiger partial charge in [-0.3, -0.25) is 0 Å². The zero-order valence-electron chi connectivity index (χ0n) is 20.2. The van der Waals surface area contributed by atoms with E-state index in [4.69, 9.17) is 0 Å². The van der Waals surface area contributed by atoms with Gasteiger partial charge in [0.15, 0.2) is 0 Å². The van der Waals surface area contributed by atoms with Crippen molar-refractivity contribution in [2.24, 2.45) is 17.8 Å². The fourth-order valence-electron chi connectivity index (χ4n) is 4.41. The van der Waals surface area contributed by atoms with Crippen molar-refractivity contribution in [3.63, 3.8) is 0 Å². The first-order valence-electron chi connectivity index (χ1n) is 11.9. The second-order valence-corrected chi connectivity index (χ2v) is 14.5. The predicted molar refractivity (Wildman–Crippen MR) is 140 cm³/mol. The van der Waals surface area contributed by atoms with E-state index in [1.54, 1.807) is 29.7 Å². The van der Waals surface area contributed by atoms with Crippen LogP contribution in [0.2, 0.25) is 0 Å². The van der Waals surface area contributed by atoms with Crippen LogP contribution in [-0.4, -0.2) is 14.7 Å². The van der Waals surface area contributed by atoms with Crippen molar-refractivity contribution >= 4 is 27.7 Å². The van der Waals surface area contributed by atoms with Crippen LogP contribution in [-0.2, 0) is 19.3 Å². The van der Waals surface area contributed by atoms with Gasteiger partial charge in [0.25, 0.3) is 0 Å². The van der Waals surface area contributed by atoms with E-state index in [-0.39, 0.29) is 0 Å². The molecule has 0 bridgehead atoms. The zero-order valence-corrected chi connectivity index (χ0v) is 22.1. The van der Waals surface area contributed by atoms with Gasteiger partial charge in [-0.1, -0.05) is 0 Å². The molecule has 3 rings (SSSR count). The molecule has 0 aliphatic rings. The summed E-state index contributed by atoms with van der Waals surface area (Å²) in [6, 6.07) is 27.9. The van der Waals surface area contributed by atoms with E-state index in [2.05, 4.69) is 114 Å². The molecule has 0 atom stereocenters. The number of benzene rings is 3. The molecule has 0 heterocycles. The first-order valence-corrected chi connectivity index (χ1v) is 14.7. The molecule has 0 fully saturated rings. The Hall–Kier alpha value is -1.78. The molecule has 31 heavy (non-hydrogen) atoms. The molecule has 3 aromatic carbocycles. The monoisotopic (exact) mass is 474 g/mol. The van der Waals surface area contributed by atoms with Gasteiger partial charge in [-0.15, -0.1) is 0 Å². The SMILES string of the molecule is CC(C)Cc1ccccc1[As](c1ccccc1CC(C)C)c1ccccc1CC(C)C. The maximum absolute atomic E-state index is 2.44. The Kier molecular flexibility index (Phi) is 8.62. The zero-order chi connectivity index (χ0) is 22.4. The fraction of sp³-hybridized carbons (Fsp3) is 0.400. The average Bonchev–Trinajstić information content (AvgIpc) is 2.70. The Labute approximate surface area is 195 Å². The Morgan fingerprint density at radius 1 is 0.452 bits per heavy atom. The molecular weight excluding hydrogens is 435 g/mol. The van der Waals surface area contributed by atoms with Crippen molar-refractivity contribution < 1.29 is 0 Å². The Morgan fingerprint density at radius 3 is 0.968 bits per heavy atom. The summed E-state index contributed by atoms with van der Waals surface area (Å²) in [7, 11) is 0. The van der Waals surface area contributed by atoms with E-state index >= 15 is 0 Å². The van der Waals surface area contributed by atoms with Gasteiger partial charge >= 0.3 is 196 Å². The van der Waals surface area contributed by atoms with E-state index in [1.165, 1.54) is 0 Å². The van der Waals surface area contributed by atoms with Gasteiger partial charge in [0.2, 0.25) is 0 Å². The molecule has 0 aliphatic carbocycles. The first kappa shape index (κ1) is 23.9. The second kappa shape index (κ2) is 11.2. The van der Waals surface area contributed by atoms with E-state index in [0.29, 0.717) is 17.8 Å². The Bertz CT molecular complexity index is 840. The third-order valence-electron chi connectivity index (χ3n) is 5.58. The molecule has 0 unspecified atom stereocenters. The molecule has 164 valence electrons. The molecule has 0 saturated heterocycles. The van der Waals surface area contributed by atoms with Crippen molar-refractivity contribution in [2.45, 2.75) is 60.8 Å². The third-order valence-corrected chi connectivity index (χ3v) is 11.4. The summed E-state index contributed by atoms with van der Waals surface area (Å²) in [5.41, 5.74) is 4.66. The number of rotatable bonds is 9. The standard InChI is InChI=1S/C30H39As/c1-22(2)19-25-13-7-10-16-28(25)31(29-17-11-8-14-26(29)20-23(3)4)30-18-12-9-15-27(30)21-24(5)6/h7-18,22-24H,19-21H2,1-6H3. The van der Waals surface area contributed by atoms with Crippen molar-refractivity contribution in [2.75, 3.05) is 0 Å². The molecule has 3 aromatic rings. The predicted octanol–water partition coefficient (Wildman–Crippen LogP) is 5.80. The molecule has 0 aliphatic heterocycles. The van der Waals surface area contributed by atoms with Crippen molar-refractivity contribution in [3.05, 3.63) is 89.5 Å². The quantitative estimate of drug-likeness (QED) is 0.344. The minimum atomic E-state index is -1.70. The molecule has 0 aromatic heterocycles. The number of hydrogen-bond donors (Lipinski definition) is 0. The summed E-state index contributed by atoms with van der Waals surface area (Å²) in [4.78, 5) is 0. The molecule has 0 N–H and O–H groups in total. The van der Waals surface area contributed by atoms with E-state index in [1.807, 2.05) is 0 Å². The normalized spacial score (nSPS) is 11.8. The van der Waals surface area contributed by atoms with Gasteiger partial charge in [0.05, 0.1) is 0 Å². The van der Waals surface area contributed by atoms with Gasteiger partial charge in [0.1, 0.15) is 0 Å². The Morgan fingerprint density at radius 2 is 0.710 bits per heavy atom. The molecular formula is C30H39As. The minimum absolute atomic E-state index is 0.661. The molecule has 0 amide bonds. The molecule has 1 heteroatoms.